The van der Waals surface area contributed by atoms with Crippen molar-refractivity contribution in [2.75, 3.05) is 11.9 Å². The highest BCUT2D eigenvalue weighted by molar-refractivity contribution is 14.1. The molecule has 1 aromatic rings. The Labute approximate surface area is 119 Å². The zero-order valence-corrected chi connectivity index (χ0v) is 12.2. The second-order valence-corrected chi connectivity index (χ2v) is 5.04. The molecule has 1 amide bonds. The van der Waals surface area contributed by atoms with Crippen LogP contribution in [0.4, 0.5) is 5.69 Å². The average molecular weight is 363 g/mol. The van der Waals surface area contributed by atoms with Gasteiger partial charge in [0, 0.05) is 9.26 Å². The van der Waals surface area contributed by atoms with Gasteiger partial charge in [0.2, 0.25) is 5.91 Å². The number of hydrogen-bond acceptors (Lipinski definition) is 3. The molecule has 1 atom stereocenters. The van der Waals surface area contributed by atoms with E-state index in [9.17, 15) is 9.59 Å². The van der Waals surface area contributed by atoms with Gasteiger partial charge in [-0.3, -0.25) is 4.79 Å². The number of rotatable bonds is 5. The van der Waals surface area contributed by atoms with Gasteiger partial charge >= 0.3 is 5.97 Å². The van der Waals surface area contributed by atoms with Crippen LogP contribution < -0.4 is 5.32 Å². The zero-order valence-electron chi connectivity index (χ0n) is 10.1. The molecule has 1 aromatic carbocycles. The van der Waals surface area contributed by atoms with E-state index in [0.717, 1.165) is 9.13 Å². The van der Waals surface area contributed by atoms with Gasteiger partial charge in [-0.05, 0) is 60.2 Å². The predicted octanol–water partition coefficient (Wildman–Crippen LogP) is 2.03. The van der Waals surface area contributed by atoms with E-state index in [1.54, 1.807) is 6.07 Å². The van der Waals surface area contributed by atoms with Crippen molar-refractivity contribution in [1.29, 1.82) is 0 Å². The number of ether oxygens (including phenoxy) is 1. The molecule has 0 radical (unpaired) electrons. The fourth-order valence-corrected chi connectivity index (χ4v) is 1.87. The van der Waals surface area contributed by atoms with Gasteiger partial charge in [0.25, 0.3) is 0 Å². The summed E-state index contributed by atoms with van der Waals surface area (Å²) in [4.78, 5) is 22.0. The van der Waals surface area contributed by atoms with Gasteiger partial charge in [0.05, 0.1) is 0 Å². The highest BCUT2D eigenvalue weighted by Gasteiger charge is 2.13. The first-order chi connectivity index (χ1) is 8.40. The number of halogens is 1. The van der Waals surface area contributed by atoms with Crippen LogP contribution in [0.5, 0.6) is 0 Å². The molecule has 98 valence electrons. The van der Waals surface area contributed by atoms with E-state index in [0.29, 0.717) is 5.69 Å². The Kier molecular flexibility index (Phi) is 5.54. The van der Waals surface area contributed by atoms with Crippen molar-refractivity contribution < 1.29 is 19.4 Å². The minimum Gasteiger partial charge on any atom is -0.479 e. The number of hydrogen-bond donors (Lipinski definition) is 2. The second-order valence-electron chi connectivity index (χ2n) is 3.80. The average Bonchev–Trinajstić information content (AvgIpc) is 2.29. The number of amides is 1. The maximum atomic E-state index is 11.5. The molecule has 6 heteroatoms. The summed E-state index contributed by atoms with van der Waals surface area (Å²) in [6.45, 7) is 2.99. The zero-order chi connectivity index (χ0) is 13.7. The highest BCUT2D eigenvalue weighted by Crippen LogP contribution is 2.17. The lowest BCUT2D eigenvalue weighted by molar-refractivity contribution is -0.150. The molecule has 0 aliphatic rings. The van der Waals surface area contributed by atoms with Crippen molar-refractivity contribution in [2.45, 2.75) is 20.0 Å². The molecule has 1 rings (SSSR count). The molecular formula is C12H14INO4. The van der Waals surface area contributed by atoms with Gasteiger partial charge in [-0.15, -0.1) is 0 Å². The van der Waals surface area contributed by atoms with Crippen molar-refractivity contribution >= 4 is 40.2 Å². The van der Waals surface area contributed by atoms with Crippen molar-refractivity contribution in [2.24, 2.45) is 0 Å². The van der Waals surface area contributed by atoms with Gasteiger partial charge in [0.1, 0.15) is 6.61 Å². The molecule has 0 saturated heterocycles. The van der Waals surface area contributed by atoms with Gasteiger partial charge in [-0.2, -0.15) is 0 Å². The Bertz CT molecular complexity index is 461. The molecule has 5 nitrogen and oxygen atoms in total. The molecule has 0 unspecified atom stereocenters. The fourth-order valence-electron chi connectivity index (χ4n) is 1.23. The van der Waals surface area contributed by atoms with Crippen molar-refractivity contribution in [1.82, 2.24) is 0 Å². The Morgan fingerprint density at radius 1 is 1.50 bits per heavy atom. The largest absolute Gasteiger partial charge is 0.479 e. The first-order valence-corrected chi connectivity index (χ1v) is 6.38. The van der Waals surface area contributed by atoms with Crippen LogP contribution in [0.15, 0.2) is 18.2 Å². The molecule has 0 fully saturated rings. The molecule has 0 heterocycles. The first-order valence-electron chi connectivity index (χ1n) is 5.30. The third kappa shape index (κ3) is 4.61. The quantitative estimate of drug-likeness (QED) is 0.785. The number of aryl methyl sites for hydroxylation is 1. The lowest BCUT2D eigenvalue weighted by atomic mass is 10.2. The van der Waals surface area contributed by atoms with Crippen LogP contribution >= 0.6 is 22.6 Å². The Balaban J connectivity index is 2.52. The van der Waals surface area contributed by atoms with E-state index in [1.165, 1.54) is 6.92 Å². The SMILES string of the molecule is Cc1cc(I)ccc1NC(=O)CO[C@H](C)C(=O)O. The molecule has 0 bridgehead atoms. The summed E-state index contributed by atoms with van der Waals surface area (Å²) < 4.78 is 5.97. The van der Waals surface area contributed by atoms with E-state index in [2.05, 4.69) is 27.9 Å². The number of carboxylic acid groups (broad SMARTS) is 1. The number of carbonyl (C=O) groups is 2. The molecule has 0 aliphatic carbocycles. The normalized spacial score (nSPS) is 11.9. The summed E-state index contributed by atoms with van der Waals surface area (Å²) in [5, 5.41) is 11.3. The lowest BCUT2D eigenvalue weighted by Gasteiger charge is -2.10. The van der Waals surface area contributed by atoms with Crippen molar-refractivity contribution in [3.63, 3.8) is 0 Å². The third-order valence-corrected chi connectivity index (χ3v) is 2.95. The van der Waals surface area contributed by atoms with Crippen LogP contribution in [0, 0.1) is 10.5 Å². The van der Waals surface area contributed by atoms with Crippen LogP contribution in [-0.4, -0.2) is 29.7 Å². The summed E-state index contributed by atoms with van der Waals surface area (Å²) in [6.07, 6.45) is -0.992. The predicted molar refractivity (Wildman–Crippen MR) is 75.6 cm³/mol. The third-order valence-electron chi connectivity index (χ3n) is 2.27. The van der Waals surface area contributed by atoms with E-state index in [1.807, 2.05) is 19.1 Å². The monoisotopic (exact) mass is 363 g/mol. The van der Waals surface area contributed by atoms with E-state index in [4.69, 9.17) is 9.84 Å². The van der Waals surface area contributed by atoms with E-state index >= 15 is 0 Å². The molecule has 0 saturated carbocycles. The number of aliphatic carboxylic acids is 1. The van der Waals surface area contributed by atoms with Crippen LogP contribution in [-0.2, 0) is 14.3 Å². The smallest absolute Gasteiger partial charge is 0.332 e. The van der Waals surface area contributed by atoms with Crippen LogP contribution in [0.2, 0.25) is 0 Å². The van der Waals surface area contributed by atoms with Crippen LogP contribution in [0.25, 0.3) is 0 Å². The van der Waals surface area contributed by atoms with Gasteiger partial charge in [0.15, 0.2) is 6.10 Å². The maximum Gasteiger partial charge on any atom is 0.332 e. The Morgan fingerprint density at radius 3 is 2.72 bits per heavy atom. The summed E-state index contributed by atoms with van der Waals surface area (Å²) in [6, 6.07) is 5.62. The standard InChI is InChI=1S/C12H14INO4/c1-7-5-9(13)3-4-10(7)14-11(15)6-18-8(2)12(16)17/h3-5,8H,6H2,1-2H3,(H,14,15)(H,16,17)/t8-/m1/s1. The van der Waals surface area contributed by atoms with E-state index < -0.39 is 12.1 Å². The molecule has 0 aromatic heterocycles. The fraction of sp³-hybridized carbons (Fsp3) is 0.333. The Morgan fingerprint density at radius 2 is 2.17 bits per heavy atom. The minimum atomic E-state index is -1.09. The van der Waals surface area contributed by atoms with Crippen molar-refractivity contribution in [3.8, 4) is 0 Å². The van der Waals surface area contributed by atoms with E-state index in [-0.39, 0.29) is 12.5 Å². The maximum absolute atomic E-state index is 11.5. The first kappa shape index (κ1) is 14.9. The lowest BCUT2D eigenvalue weighted by Crippen LogP contribution is -2.26. The number of anilines is 1. The van der Waals surface area contributed by atoms with Crippen LogP contribution in [0.3, 0.4) is 0 Å². The summed E-state index contributed by atoms with van der Waals surface area (Å²) >= 11 is 2.19. The van der Waals surface area contributed by atoms with Gasteiger partial charge in [-0.1, -0.05) is 0 Å². The topological polar surface area (TPSA) is 75.6 Å². The van der Waals surface area contributed by atoms with Crippen LogP contribution in [0.1, 0.15) is 12.5 Å². The number of benzene rings is 1. The molecule has 0 aliphatic heterocycles. The summed E-state index contributed by atoms with van der Waals surface area (Å²) in [5.41, 5.74) is 1.65. The summed E-state index contributed by atoms with van der Waals surface area (Å²) in [5.74, 6) is -1.46. The molecule has 2 N–H and O–H groups in total. The number of carbonyl (C=O) groups excluding carboxylic acids is 1. The van der Waals surface area contributed by atoms with Crippen molar-refractivity contribution in [3.05, 3.63) is 27.3 Å². The van der Waals surface area contributed by atoms with Gasteiger partial charge < -0.3 is 15.2 Å². The molecular weight excluding hydrogens is 349 g/mol. The molecule has 18 heavy (non-hydrogen) atoms. The highest BCUT2D eigenvalue weighted by atomic mass is 127. The second kappa shape index (κ2) is 6.69. The molecule has 0 spiro atoms. The van der Waals surface area contributed by atoms with Gasteiger partial charge in [-0.25, -0.2) is 4.79 Å². The number of nitrogens with one attached hydrogen (secondary N) is 1. The summed E-state index contributed by atoms with van der Waals surface area (Å²) in [7, 11) is 0. The number of carboxylic acids is 1. The Hall–Kier alpha value is -1.15. The minimum absolute atomic E-state index is 0.279.